The SMILES string of the molecule is CCCNC(=O)N(Cc1c(CC)nn(-c2ccccc2)c1Oc1ccccc1F)C[C@@H]1CCCO1. The van der Waals surface area contributed by atoms with Crippen LogP contribution in [0.4, 0.5) is 9.18 Å². The molecule has 2 amide bonds. The van der Waals surface area contributed by atoms with Crippen LogP contribution in [-0.2, 0) is 17.7 Å². The molecule has 0 bridgehead atoms. The second kappa shape index (κ2) is 11.8. The summed E-state index contributed by atoms with van der Waals surface area (Å²) in [6, 6.07) is 15.7. The van der Waals surface area contributed by atoms with Gasteiger partial charge in [-0.3, -0.25) is 0 Å². The summed E-state index contributed by atoms with van der Waals surface area (Å²) >= 11 is 0. The summed E-state index contributed by atoms with van der Waals surface area (Å²) in [5, 5.41) is 7.79. The van der Waals surface area contributed by atoms with Crippen molar-refractivity contribution < 1.29 is 18.7 Å². The molecule has 2 aromatic carbocycles. The summed E-state index contributed by atoms with van der Waals surface area (Å²) in [7, 11) is 0. The number of nitrogens with zero attached hydrogens (tertiary/aromatic N) is 3. The van der Waals surface area contributed by atoms with Crippen LogP contribution in [0.3, 0.4) is 0 Å². The fourth-order valence-corrected chi connectivity index (χ4v) is 4.19. The molecule has 186 valence electrons. The maximum absolute atomic E-state index is 14.6. The van der Waals surface area contributed by atoms with Crippen molar-refractivity contribution in [2.75, 3.05) is 19.7 Å². The van der Waals surface area contributed by atoms with Gasteiger partial charge in [0.05, 0.1) is 29.6 Å². The molecule has 2 heterocycles. The fraction of sp³-hybridized carbons (Fsp3) is 0.407. The number of halogens is 1. The smallest absolute Gasteiger partial charge is 0.317 e. The van der Waals surface area contributed by atoms with Gasteiger partial charge >= 0.3 is 6.03 Å². The van der Waals surface area contributed by atoms with Gasteiger partial charge < -0.3 is 19.7 Å². The minimum atomic E-state index is -0.464. The van der Waals surface area contributed by atoms with Crippen molar-refractivity contribution in [2.24, 2.45) is 0 Å². The van der Waals surface area contributed by atoms with Crippen LogP contribution in [0.1, 0.15) is 44.4 Å². The molecule has 0 saturated carbocycles. The molecular weight excluding hydrogens is 447 g/mol. The first-order valence-electron chi connectivity index (χ1n) is 12.3. The number of hydrogen-bond acceptors (Lipinski definition) is 4. The predicted octanol–water partition coefficient (Wildman–Crippen LogP) is 5.47. The fourth-order valence-electron chi connectivity index (χ4n) is 4.19. The third kappa shape index (κ3) is 6.00. The highest BCUT2D eigenvalue weighted by Crippen LogP contribution is 2.33. The first-order chi connectivity index (χ1) is 17.1. The van der Waals surface area contributed by atoms with Crippen LogP contribution >= 0.6 is 0 Å². The Morgan fingerprint density at radius 1 is 1.20 bits per heavy atom. The van der Waals surface area contributed by atoms with E-state index in [1.165, 1.54) is 6.07 Å². The topological polar surface area (TPSA) is 68.6 Å². The Morgan fingerprint density at radius 2 is 1.97 bits per heavy atom. The van der Waals surface area contributed by atoms with Crippen LogP contribution in [0.25, 0.3) is 5.69 Å². The van der Waals surface area contributed by atoms with E-state index in [1.54, 1.807) is 27.8 Å². The number of aryl methyl sites for hydroxylation is 1. The number of rotatable bonds is 10. The maximum Gasteiger partial charge on any atom is 0.317 e. The van der Waals surface area contributed by atoms with E-state index in [9.17, 15) is 9.18 Å². The van der Waals surface area contributed by atoms with Crippen LogP contribution in [-0.4, -0.2) is 46.5 Å². The van der Waals surface area contributed by atoms with E-state index in [0.29, 0.717) is 32.0 Å². The number of benzene rings is 2. The molecule has 1 aliphatic rings. The number of nitrogens with one attached hydrogen (secondary N) is 1. The molecule has 35 heavy (non-hydrogen) atoms. The summed E-state index contributed by atoms with van der Waals surface area (Å²) in [6.07, 6.45) is 3.37. The Morgan fingerprint density at radius 3 is 2.66 bits per heavy atom. The van der Waals surface area contributed by atoms with E-state index in [1.807, 2.05) is 44.2 Å². The van der Waals surface area contributed by atoms with Gasteiger partial charge in [-0.2, -0.15) is 5.10 Å². The number of aromatic nitrogens is 2. The van der Waals surface area contributed by atoms with E-state index in [-0.39, 0.29) is 24.4 Å². The molecule has 1 aliphatic heterocycles. The third-order valence-electron chi connectivity index (χ3n) is 6.01. The van der Waals surface area contributed by atoms with Gasteiger partial charge in [0, 0.05) is 19.7 Å². The Bertz CT molecular complexity index is 1110. The normalized spacial score (nSPS) is 15.2. The largest absolute Gasteiger partial charge is 0.435 e. The molecule has 1 fully saturated rings. The van der Waals surface area contributed by atoms with Crippen LogP contribution < -0.4 is 10.1 Å². The van der Waals surface area contributed by atoms with E-state index in [4.69, 9.17) is 14.6 Å². The van der Waals surface area contributed by atoms with Gasteiger partial charge in [-0.1, -0.05) is 44.2 Å². The lowest BCUT2D eigenvalue weighted by Crippen LogP contribution is -2.43. The number of ether oxygens (including phenoxy) is 2. The van der Waals surface area contributed by atoms with E-state index >= 15 is 0 Å². The Labute approximate surface area is 205 Å². The first-order valence-corrected chi connectivity index (χ1v) is 12.3. The van der Waals surface area contributed by atoms with Crippen molar-refractivity contribution in [1.29, 1.82) is 0 Å². The highest BCUT2D eigenvalue weighted by atomic mass is 19.1. The summed E-state index contributed by atoms with van der Waals surface area (Å²) in [5.74, 6) is 0.0441. The molecule has 7 nitrogen and oxygen atoms in total. The standard InChI is InChI=1S/C27H33FN4O3/c1-3-16-29-27(33)31(18-21-13-10-17-34-21)19-22-24(4-2)30-32(20-11-6-5-7-12-20)26(22)35-25-15-9-8-14-23(25)28/h5-9,11-12,14-15,21H,3-4,10,13,16-19H2,1-2H3,(H,29,33)/t21-/m0/s1. The van der Waals surface area contributed by atoms with Gasteiger partial charge in [-0.05, 0) is 49.9 Å². The van der Waals surface area contributed by atoms with Crippen molar-refractivity contribution in [3.05, 3.63) is 71.7 Å². The maximum atomic E-state index is 14.6. The van der Waals surface area contributed by atoms with Crippen molar-refractivity contribution in [3.8, 4) is 17.3 Å². The number of hydrogen-bond donors (Lipinski definition) is 1. The van der Waals surface area contributed by atoms with E-state index in [0.717, 1.165) is 36.2 Å². The predicted molar refractivity (Wildman–Crippen MR) is 132 cm³/mol. The van der Waals surface area contributed by atoms with Gasteiger partial charge in [-0.15, -0.1) is 0 Å². The highest BCUT2D eigenvalue weighted by molar-refractivity contribution is 5.74. The van der Waals surface area contributed by atoms with Crippen LogP contribution in [0, 0.1) is 5.82 Å². The Kier molecular flexibility index (Phi) is 8.36. The molecule has 8 heteroatoms. The molecule has 3 aromatic rings. The van der Waals surface area contributed by atoms with E-state index < -0.39 is 5.82 Å². The zero-order valence-corrected chi connectivity index (χ0v) is 20.4. The van der Waals surface area contributed by atoms with Gasteiger partial charge in [0.15, 0.2) is 11.6 Å². The molecular formula is C27H33FN4O3. The van der Waals surface area contributed by atoms with Crippen LogP contribution in [0.2, 0.25) is 0 Å². The lowest BCUT2D eigenvalue weighted by molar-refractivity contribution is 0.0792. The summed E-state index contributed by atoms with van der Waals surface area (Å²) in [4.78, 5) is 14.9. The molecule has 1 saturated heterocycles. The quantitative estimate of drug-likeness (QED) is 0.418. The zero-order valence-electron chi connectivity index (χ0n) is 20.4. The van der Waals surface area contributed by atoms with E-state index in [2.05, 4.69) is 5.32 Å². The summed E-state index contributed by atoms with van der Waals surface area (Å²) < 4.78 is 28.3. The lowest BCUT2D eigenvalue weighted by Gasteiger charge is -2.26. The monoisotopic (exact) mass is 480 g/mol. The average molecular weight is 481 g/mol. The third-order valence-corrected chi connectivity index (χ3v) is 6.01. The number of para-hydroxylation sites is 2. The number of carbonyl (C=O) groups excluding carboxylic acids is 1. The molecule has 1 atom stereocenters. The minimum absolute atomic E-state index is 0.00689. The molecule has 0 spiro atoms. The van der Waals surface area contributed by atoms with Crippen molar-refractivity contribution in [2.45, 2.75) is 52.2 Å². The van der Waals surface area contributed by atoms with Gasteiger partial charge in [-0.25, -0.2) is 13.9 Å². The Hall–Kier alpha value is -3.39. The molecule has 0 radical (unpaired) electrons. The molecule has 0 unspecified atom stereocenters. The first kappa shape index (κ1) is 24.7. The minimum Gasteiger partial charge on any atom is -0.435 e. The Balaban J connectivity index is 1.75. The van der Waals surface area contributed by atoms with Crippen molar-refractivity contribution in [1.82, 2.24) is 20.0 Å². The lowest BCUT2D eigenvalue weighted by atomic mass is 10.1. The van der Waals surface area contributed by atoms with Gasteiger partial charge in [0.25, 0.3) is 0 Å². The zero-order chi connectivity index (χ0) is 24.6. The molecule has 1 N–H and O–H groups in total. The average Bonchev–Trinajstić information content (AvgIpc) is 3.52. The van der Waals surface area contributed by atoms with Crippen LogP contribution in [0.5, 0.6) is 11.6 Å². The van der Waals surface area contributed by atoms with Crippen LogP contribution in [0.15, 0.2) is 54.6 Å². The second-order valence-corrected chi connectivity index (χ2v) is 8.61. The van der Waals surface area contributed by atoms with Gasteiger partial charge in [0.1, 0.15) is 0 Å². The molecule has 0 aliphatic carbocycles. The number of carbonyl (C=O) groups is 1. The molecule has 4 rings (SSSR count). The van der Waals surface area contributed by atoms with Gasteiger partial charge in [0.2, 0.25) is 5.88 Å². The number of amides is 2. The highest BCUT2D eigenvalue weighted by Gasteiger charge is 2.28. The molecule has 1 aromatic heterocycles. The van der Waals surface area contributed by atoms with Crippen molar-refractivity contribution >= 4 is 6.03 Å². The number of urea groups is 1. The summed E-state index contributed by atoms with van der Waals surface area (Å²) in [6.45, 7) is 6.07. The summed E-state index contributed by atoms with van der Waals surface area (Å²) in [5.41, 5.74) is 2.34. The second-order valence-electron chi connectivity index (χ2n) is 8.61. The van der Waals surface area contributed by atoms with Crippen molar-refractivity contribution in [3.63, 3.8) is 0 Å².